The van der Waals surface area contributed by atoms with Crippen molar-refractivity contribution in [2.75, 3.05) is 0 Å². The molecule has 3 rings (SSSR count). The molecule has 0 saturated carbocycles. The Morgan fingerprint density at radius 3 is 2.90 bits per heavy atom. The summed E-state index contributed by atoms with van der Waals surface area (Å²) in [7, 11) is 0. The smallest absolute Gasteiger partial charge is 0.0837 e. The lowest BCUT2D eigenvalue weighted by atomic mass is 10.0. The average Bonchev–Trinajstić information content (AvgIpc) is 2.96. The van der Waals surface area contributed by atoms with Gasteiger partial charge in [-0.3, -0.25) is 10.8 Å². The SMILES string of the molecule is CCc1nnsc1C(NN)c1ccc2nc(C)ccc2c1. The van der Waals surface area contributed by atoms with Crippen LogP contribution in [0.25, 0.3) is 10.9 Å². The van der Waals surface area contributed by atoms with E-state index < -0.39 is 0 Å². The third-order valence-corrected chi connectivity index (χ3v) is 4.37. The van der Waals surface area contributed by atoms with Crippen LogP contribution in [-0.2, 0) is 6.42 Å². The van der Waals surface area contributed by atoms with Crippen LogP contribution in [-0.4, -0.2) is 14.6 Å². The van der Waals surface area contributed by atoms with Crippen molar-refractivity contribution in [2.24, 2.45) is 5.84 Å². The number of hydrogen-bond donors (Lipinski definition) is 2. The van der Waals surface area contributed by atoms with E-state index in [1.54, 1.807) is 0 Å². The van der Waals surface area contributed by atoms with E-state index >= 15 is 0 Å². The minimum atomic E-state index is -0.0920. The maximum Gasteiger partial charge on any atom is 0.0837 e. The van der Waals surface area contributed by atoms with Crippen LogP contribution in [0.3, 0.4) is 0 Å². The third kappa shape index (κ3) is 2.65. The quantitative estimate of drug-likeness (QED) is 0.572. The Balaban J connectivity index is 2.07. The Kier molecular flexibility index (Phi) is 3.92. The average molecular weight is 299 g/mol. The van der Waals surface area contributed by atoms with E-state index in [0.29, 0.717) is 0 Å². The van der Waals surface area contributed by atoms with Crippen LogP contribution < -0.4 is 11.3 Å². The van der Waals surface area contributed by atoms with E-state index in [-0.39, 0.29) is 6.04 Å². The van der Waals surface area contributed by atoms with Crippen LogP contribution in [0.4, 0.5) is 0 Å². The maximum absolute atomic E-state index is 5.77. The number of aryl methyl sites for hydroxylation is 2. The fraction of sp³-hybridized carbons (Fsp3) is 0.267. The molecule has 0 bridgehead atoms. The van der Waals surface area contributed by atoms with E-state index in [2.05, 4.69) is 45.1 Å². The highest BCUT2D eigenvalue weighted by Crippen LogP contribution is 2.28. The van der Waals surface area contributed by atoms with E-state index in [1.807, 2.05) is 19.1 Å². The van der Waals surface area contributed by atoms with Gasteiger partial charge in [-0.1, -0.05) is 23.5 Å². The first-order valence-electron chi connectivity index (χ1n) is 6.87. The highest BCUT2D eigenvalue weighted by Gasteiger charge is 2.19. The molecular weight excluding hydrogens is 282 g/mol. The second-order valence-electron chi connectivity index (χ2n) is 4.94. The molecule has 1 aromatic carbocycles. The molecule has 3 N–H and O–H groups in total. The van der Waals surface area contributed by atoms with Crippen molar-refractivity contribution >= 4 is 22.4 Å². The van der Waals surface area contributed by atoms with Gasteiger partial charge in [0.1, 0.15) is 0 Å². The van der Waals surface area contributed by atoms with Crippen LogP contribution in [0.2, 0.25) is 0 Å². The minimum absolute atomic E-state index is 0.0920. The number of nitrogens with zero attached hydrogens (tertiary/aromatic N) is 3. The summed E-state index contributed by atoms with van der Waals surface area (Å²) >= 11 is 1.39. The number of hydrogen-bond acceptors (Lipinski definition) is 6. The topological polar surface area (TPSA) is 76.7 Å². The Morgan fingerprint density at radius 1 is 1.29 bits per heavy atom. The van der Waals surface area contributed by atoms with Crippen molar-refractivity contribution in [3.05, 3.63) is 52.2 Å². The summed E-state index contributed by atoms with van der Waals surface area (Å²) in [6.45, 7) is 4.06. The predicted octanol–water partition coefficient (Wildman–Crippen LogP) is 2.51. The summed E-state index contributed by atoms with van der Waals surface area (Å²) in [5.74, 6) is 5.77. The van der Waals surface area contributed by atoms with Gasteiger partial charge in [-0.05, 0) is 48.6 Å². The van der Waals surface area contributed by atoms with E-state index in [4.69, 9.17) is 5.84 Å². The van der Waals surface area contributed by atoms with Gasteiger partial charge in [0.25, 0.3) is 0 Å². The van der Waals surface area contributed by atoms with Crippen molar-refractivity contribution in [1.29, 1.82) is 0 Å². The van der Waals surface area contributed by atoms with Gasteiger partial charge in [-0.25, -0.2) is 5.43 Å². The zero-order valence-electron chi connectivity index (χ0n) is 12.0. The van der Waals surface area contributed by atoms with Gasteiger partial charge in [0.15, 0.2) is 0 Å². The molecule has 0 saturated heterocycles. The molecule has 0 radical (unpaired) electrons. The van der Waals surface area contributed by atoms with Gasteiger partial charge < -0.3 is 0 Å². The molecule has 0 aliphatic heterocycles. The van der Waals surface area contributed by atoms with Gasteiger partial charge in [-0.15, -0.1) is 5.10 Å². The summed E-state index contributed by atoms with van der Waals surface area (Å²) < 4.78 is 4.05. The molecule has 0 aliphatic carbocycles. The summed E-state index contributed by atoms with van der Waals surface area (Å²) in [5, 5.41) is 5.27. The van der Waals surface area contributed by atoms with Crippen LogP contribution in [0, 0.1) is 6.92 Å². The molecule has 0 amide bonds. The molecule has 21 heavy (non-hydrogen) atoms. The highest BCUT2D eigenvalue weighted by molar-refractivity contribution is 7.05. The van der Waals surface area contributed by atoms with E-state index in [0.717, 1.165) is 39.2 Å². The lowest BCUT2D eigenvalue weighted by Gasteiger charge is -2.16. The number of rotatable bonds is 4. The Labute approximate surface area is 127 Å². The second kappa shape index (κ2) is 5.85. The van der Waals surface area contributed by atoms with Crippen LogP contribution in [0.1, 0.15) is 34.8 Å². The number of aromatic nitrogens is 3. The molecule has 6 heteroatoms. The molecule has 108 valence electrons. The summed E-state index contributed by atoms with van der Waals surface area (Å²) in [6.07, 6.45) is 0.846. The first-order valence-corrected chi connectivity index (χ1v) is 7.64. The minimum Gasteiger partial charge on any atom is -0.271 e. The van der Waals surface area contributed by atoms with Gasteiger partial charge in [-0.2, -0.15) is 0 Å². The van der Waals surface area contributed by atoms with Gasteiger partial charge in [0, 0.05) is 11.1 Å². The van der Waals surface area contributed by atoms with Crippen LogP contribution in [0.5, 0.6) is 0 Å². The number of fused-ring (bicyclic) bond motifs is 1. The zero-order valence-corrected chi connectivity index (χ0v) is 12.8. The summed E-state index contributed by atoms with van der Waals surface area (Å²) in [5.41, 5.74) is 6.98. The Bertz CT molecular complexity index is 768. The molecule has 5 nitrogen and oxygen atoms in total. The number of benzene rings is 1. The molecule has 2 aromatic heterocycles. The molecule has 3 aromatic rings. The Hall–Kier alpha value is -1.89. The number of nitrogens with one attached hydrogen (secondary N) is 1. The number of nitrogens with two attached hydrogens (primary N) is 1. The van der Waals surface area contributed by atoms with Crippen molar-refractivity contribution in [3.63, 3.8) is 0 Å². The zero-order chi connectivity index (χ0) is 14.8. The first kappa shape index (κ1) is 14.1. The van der Waals surface area contributed by atoms with Gasteiger partial charge in [0.05, 0.1) is 22.1 Å². The van der Waals surface area contributed by atoms with Crippen LogP contribution in [0.15, 0.2) is 30.3 Å². The van der Waals surface area contributed by atoms with Crippen molar-refractivity contribution in [2.45, 2.75) is 26.3 Å². The molecule has 1 atom stereocenters. The number of hydrazine groups is 1. The molecule has 0 aliphatic rings. The lowest BCUT2D eigenvalue weighted by molar-refractivity contribution is 0.640. The van der Waals surface area contributed by atoms with E-state index in [1.165, 1.54) is 11.5 Å². The normalized spacial score (nSPS) is 12.7. The van der Waals surface area contributed by atoms with E-state index in [9.17, 15) is 0 Å². The molecule has 2 heterocycles. The molecule has 0 fully saturated rings. The standard InChI is InChI=1S/C15H17N5S/c1-3-12-15(21-20-19-12)14(18-16)11-6-7-13-10(8-11)5-4-9(2)17-13/h4-8,14,18H,3,16H2,1-2H3. The molecule has 1 unspecified atom stereocenters. The second-order valence-corrected chi connectivity index (χ2v) is 5.73. The molecule has 0 spiro atoms. The van der Waals surface area contributed by atoms with Crippen molar-refractivity contribution in [1.82, 2.24) is 20.0 Å². The number of pyridine rings is 1. The van der Waals surface area contributed by atoms with Crippen molar-refractivity contribution in [3.8, 4) is 0 Å². The first-order chi connectivity index (χ1) is 10.2. The fourth-order valence-electron chi connectivity index (χ4n) is 2.43. The highest BCUT2D eigenvalue weighted by atomic mass is 32.1. The third-order valence-electron chi connectivity index (χ3n) is 3.53. The maximum atomic E-state index is 5.77. The van der Waals surface area contributed by atoms with Gasteiger partial charge in [0.2, 0.25) is 0 Å². The van der Waals surface area contributed by atoms with Crippen molar-refractivity contribution < 1.29 is 0 Å². The predicted molar refractivity (Wildman–Crippen MR) is 84.9 cm³/mol. The largest absolute Gasteiger partial charge is 0.271 e. The monoisotopic (exact) mass is 299 g/mol. The summed E-state index contributed by atoms with van der Waals surface area (Å²) in [4.78, 5) is 5.59. The fourth-order valence-corrected chi connectivity index (χ4v) is 3.26. The lowest BCUT2D eigenvalue weighted by Crippen LogP contribution is -2.28. The van der Waals surface area contributed by atoms with Gasteiger partial charge >= 0.3 is 0 Å². The molecular formula is C15H17N5S. The summed E-state index contributed by atoms with van der Waals surface area (Å²) in [6, 6.07) is 10.2. The van der Waals surface area contributed by atoms with Crippen LogP contribution >= 0.6 is 11.5 Å². The Morgan fingerprint density at radius 2 is 2.14 bits per heavy atom.